The van der Waals surface area contributed by atoms with Crippen LogP contribution in [0, 0.1) is 11.7 Å². The molecule has 0 spiro atoms. The van der Waals surface area contributed by atoms with Crippen LogP contribution >= 0.6 is 0 Å². The van der Waals surface area contributed by atoms with Crippen LogP contribution in [0.5, 0.6) is 0 Å². The molecule has 2 aliphatic carbocycles. The number of pyridine rings is 1. The van der Waals surface area contributed by atoms with Crippen LogP contribution in [0.1, 0.15) is 73.2 Å². The van der Waals surface area contributed by atoms with Crippen molar-refractivity contribution < 1.29 is 9.50 Å². The lowest BCUT2D eigenvalue weighted by Gasteiger charge is -2.33. The normalized spacial score (nSPS) is 24.2. The molecule has 3 nitrogen and oxygen atoms in total. The first-order valence-electron chi connectivity index (χ1n) is 10.1. The van der Waals surface area contributed by atoms with Crippen molar-refractivity contribution in [1.82, 2.24) is 9.38 Å². The summed E-state index contributed by atoms with van der Waals surface area (Å²) >= 11 is 0. The van der Waals surface area contributed by atoms with Gasteiger partial charge in [-0.05, 0) is 79.5 Å². The van der Waals surface area contributed by atoms with Crippen LogP contribution < -0.4 is 0 Å². The summed E-state index contributed by atoms with van der Waals surface area (Å²) in [5.74, 6) is 0.987. The minimum absolute atomic E-state index is 0.0958. The third kappa shape index (κ3) is 3.06. The van der Waals surface area contributed by atoms with E-state index in [9.17, 15) is 9.50 Å². The van der Waals surface area contributed by atoms with Crippen molar-refractivity contribution >= 4 is 5.52 Å². The maximum Gasteiger partial charge on any atom is 0.126 e. The molecule has 3 aromatic rings. The van der Waals surface area contributed by atoms with E-state index in [0.717, 1.165) is 42.3 Å². The molecule has 4 heteroatoms. The number of hydrogen-bond acceptors (Lipinski definition) is 2. The van der Waals surface area contributed by atoms with Gasteiger partial charge in [-0.2, -0.15) is 0 Å². The van der Waals surface area contributed by atoms with Crippen LogP contribution in [0.2, 0.25) is 0 Å². The summed E-state index contributed by atoms with van der Waals surface area (Å²) in [6, 6.07) is 9.30. The number of nitrogens with zero attached hydrogens (tertiary/aromatic N) is 2. The Morgan fingerprint density at radius 1 is 0.963 bits per heavy atom. The van der Waals surface area contributed by atoms with Crippen LogP contribution in [0.3, 0.4) is 0 Å². The Labute approximate surface area is 158 Å². The highest BCUT2D eigenvalue weighted by atomic mass is 19.1. The molecule has 1 N–H and O–H groups in total. The van der Waals surface area contributed by atoms with Gasteiger partial charge in [0.2, 0.25) is 0 Å². The molecule has 1 aromatic carbocycles. The average Bonchev–Trinajstić information content (AvgIpc) is 3.44. The number of benzene rings is 1. The lowest BCUT2D eigenvalue weighted by atomic mass is 9.74. The van der Waals surface area contributed by atoms with E-state index in [4.69, 9.17) is 0 Å². The van der Waals surface area contributed by atoms with Gasteiger partial charge in [-0.3, -0.25) is 0 Å². The second kappa shape index (κ2) is 6.75. The number of aromatic nitrogens is 2. The zero-order valence-electron chi connectivity index (χ0n) is 15.4. The van der Waals surface area contributed by atoms with Crippen LogP contribution in [-0.4, -0.2) is 14.5 Å². The van der Waals surface area contributed by atoms with E-state index in [1.165, 1.54) is 18.4 Å². The number of aliphatic hydroxyl groups excluding tert-OH is 1. The molecule has 2 aliphatic rings. The molecule has 2 aromatic heterocycles. The van der Waals surface area contributed by atoms with Crippen molar-refractivity contribution in [1.29, 1.82) is 0 Å². The molecule has 2 fully saturated rings. The molecule has 0 amide bonds. The van der Waals surface area contributed by atoms with Gasteiger partial charge in [0.1, 0.15) is 5.82 Å². The number of fused-ring (bicyclic) bond motifs is 1. The summed E-state index contributed by atoms with van der Waals surface area (Å²) < 4.78 is 16.1. The molecule has 0 radical (unpaired) electrons. The largest absolute Gasteiger partial charge is 0.388 e. The van der Waals surface area contributed by atoms with Crippen molar-refractivity contribution in [3.05, 3.63) is 71.6 Å². The zero-order valence-corrected chi connectivity index (χ0v) is 15.4. The van der Waals surface area contributed by atoms with E-state index in [1.807, 2.05) is 22.7 Å². The van der Waals surface area contributed by atoms with Gasteiger partial charge in [-0.25, -0.2) is 9.37 Å². The molecule has 0 bridgehead atoms. The fourth-order valence-electron chi connectivity index (χ4n) is 4.89. The summed E-state index contributed by atoms with van der Waals surface area (Å²) in [5, 5.41) is 11.3. The molecule has 0 saturated heterocycles. The summed E-state index contributed by atoms with van der Waals surface area (Å²) in [6.07, 6.45) is 11.4. The quantitative estimate of drug-likeness (QED) is 0.677. The highest BCUT2D eigenvalue weighted by Gasteiger charge is 2.34. The van der Waals surface area contributed by atoms with E-state index in [0.29, 0.717) is 5.92 Å². The average molecular weight is 364 g/mol. The Bertz CT molecular complexity index is 954. The highest BCUT2D eigenvalue weighted by Crippen LogP contribution is 2.48. The summed E-state index contributed by atoms with van der Waals surface area (Å²) in [7, 11) is 0. The number of halogens is 1. The Kier molecular flexibility index (Phi) is 4.24. The highest BCUT2D eigenvalue weighted by molar-refractivity contribution is 5.59. The lowest BCUT2D eigenvalue weighted by Crippen LogP contribution is -2.21. The first-order valence-corrected chi connectivity index (χ1v) is 10.1. The molecular weight excluding hydrogens is 339 g/mol. The molecule has 5 rings (SSSR count). The fraction of sp³-hybridized carbons (Fsp3) is 0.435. The SMILES string of the molecule is OC(c1c(C2CC2)ccn2cncc12)C1CCC(c2ccccc2F)CC1. The van der Waals surface area contributed by atoms with Gasteiger partial charge in [0.15, 0.2) is 0 Å². The van der Waals surface area contributed by atoms with E-state index in [1.54, 1.807) is 18.5 Å². The number of rotatable bonds is 4. The molecule has 1 unspecified atom stereocenters. The third-order valence-electron chi connectivity index (χ3n) is 6.54. The molecule has 2 saturated carbocycles. The number of aliphatic hydroxyl groups is 1. The minimum Gasteiger partial charge on any atom is -0.388 e. The predicted molar refractivity (Wildman–Crippen MR) is 103 cm³/mol. The van der Waals surface area contributed by atoms with E-state index in [-0.39, 0.29) is 17.7 Å². The monoisotopic (exact) mass is 364 g/mol. The molecule has 2 heterocycles. The third-order valence-corrected chi connectivity index (χ3v) is 6.54. The minimum atomic E-state index is -0.470. The van der Waals surface area contributed by atoms with Crippen molar-refractivity contribution in [3.63, 3.8) is 0 Å². The van der Waals surface area contributed by atoms with Crippen molar-refractivity contribution in [2.45, 2.75) is 56.5 Å². The second-order valence-electron chi connectivity index (χ2n) is 8.22. The first-order chi connectivity index (χ1) is 13.2. The topological polar surface area (TPSA) is 37.5 Å². The van der Waals surface area contributed by atoms with Crippen molar-refractivity contribution in [3.8, 4) is 0 Å². The predicted octanol–water partition coefficient (Wildman–Crippen LogP) is 5.36. The van der Waals surface area contributed by atoms with Gasteiger partial charge in [0.25, 0.3) is 0 Å². The van der Waals surface area contributed by atoms with Crippen LogP contribution in [0.15, 0.2) is 49.1 Å². The number of imidazole rings is 1. The zero-order chi connectivity index (χ0) is 18.4. The first kappa shape index (κ1) is 16.9. The van der Waals surface area contributed by atoms with Crippen molar-refractivity contribution in [2.24, 2.45) is 5.92 Å². The molecule has 0 aliphatic heterocycles. The molecule has 27 heavy (non-hydrogen) atoms. The van der Waals surface area contributed by atoms with Gasteiger partial charge in [0, 0.05) is 11.8 Å². The molecular formula is C23H25FN2O. The maximum atomic E-state index is 14.1. The van der Waals surface area contributed by atoms with E-state index < -0.39 is 6.10 Å². The summed E-state index contributed by atoms with van der Waals surface area (Å²) in [5.41, 5.74) is 4.24. The fourth-order valence-corrected chi connectivity index (χ4v) is 4.89. The summed E-state index contributed by atoms with van der Waals surface area (Å²) in [4.78, 5) is 4.28. The Balaban J connectivity index is 1.39. The summed E-state index contributed by atoms with van der Waals surface area (Å²) in [6.45, 7) is 0. The standard InChI is InChI=1S/C23H25FN2O/c24-20-4-2-1-3-18(20)15-7-9-17(10-8-15)23(27)22-19(16-5-6-16)11-12-26-14-25-13-21(22)26/h1-4,11-17,23,27H,5-10H2. The van der Waals surface area contributed by atoms with E-state index >= 15 is 0 Å². The van der Waals surface area contributed by atoms with Gasteiger partial charge in [0.05, 0.1) is 24.1 Å². The maximum absolute atomic E-state index is 14.1. The van der Waals surface area contributed by atoms with Gasteiger partial charge >= 0.3 is 0 Å². The van der Waals surface area contributed by atoms with Crippen molar-refractivity contribution in [2.75, 3.05) is 0 Å². The van der Waals surface area contributed by atoms with Crippen LogP contribution in [0.4, 0.5) is 4.39 Å². The smallest absolute Gasteiger partial charge is 0.126 e. The molecule has 140 valence electrons. The number of hydrogen-bond donors (Lipinski definition) is 1. The van der Waals surface area contributed by atoms with Crippen LogP contribution in [0.25, 0.3) is 5.52 Å². The van der Waals surface area contributed by atoms with Gasteiger partial charge in [-0.1, -0.05) is 18.2 Å². The lowest BCUT2D eigenvalue weighted by molar-refractivity contribution is 0.0807. The molecule has 1 atom stereocenters. The Morgan fingerprint density at radius 3 is 2.41 bits per heavy atom. The van der Waals surface area contributed by atoms with Gasteiger partial charge < -0.3 is 9.51 Å². The Morgan fingerprint density at radius 2 is 1.67 bits per heavy atom. The Hall–Kier alpha value is -2.20. The van der Waals surface area contributed by atoms with Gasteiger partial charge in [-0.15, -0.1) is 0 Å². The second-order valence-corrected chi connectivity index (χ2v) is 8.22. The van der Waals surface area contributed by atoms with E-state index in [2.05, 4.69) is 17.2 Å². The van der Waals surface area contributed by atoms with Crippen LogP contribution in [-0.2, 0) is 0 Å².